The Morgan fingerprint density at radius 3 is 1.38 bits per heavy atom. The van der Waals surface area contributed by atoms with Crippen LogP contribution in [-0.4, -0.2) is 193 Å². The molecule has 3 saturated heterocycles. The molecule has 0 aromatic carbocycles. The topological polar surface area (TPSA) is 307 Å². The van der Waals surface area contributed by atoms with E-state index in [-0.39, 0.29) is 18.9 Å². The van der Waals surface area contributed by atoms with Crippen LogP contribution in [0, 0.1) is 0 Å². The third kappa shape index (κ3) is 26.2. The van der Waals surface area contributed by atoms with Gasteiger partial charge in [0.25, 0.3) is 0 Å². The van der Waals surface area contributed by atoms with Crippen LogP contribution in [0.15, 0.2) is 60.8 Å². The predicted molar refractivity (Wildman–Crippen MR) is 295 cm³/mol. The standard InChI is InChI=1S/C59H103NO18/c1-3-5-7-9-11-13-15-17-18-19-20-21-22-23-24-25-27-29-31-33-35-37-47(65)60-42(43(64)36-34-32-30-28-26-16-14-12-10-8-6-4-2)41-73-57-53(71)50(68)55(45(39-62)75-57)78-59-54(72)51(69)56(46(40-63)76-59)77-58-52(70)49(67)48(66)44(38-61)74-58/h5,7,11,13,17-18,20-21,34,36,42-46,48-59,61-64,66-72H,3-4,6,8-10,12,14-16,19,22-33,35,37-41H2,1-2H3,(H,60,65)/b7-5-,13-11-,18-17-,21-20-,36-34+. The number of aliphatic hydroxyl groups excluding tert-OH is 11. The second-order valence-electron chi connectivity index (χ2n) is 21.1. The molecule has 78 heavy (non-hydrogen) atoms. The van der Waals surface area contributed by atoms with Gasteiger partial charge in [0.1, 0.15) is 73.2 Å². The molecule has 0 radical (unpaired) electrons. The fourth-order valence-corrected chi connectivity index (χ4v) is 9.71. The van der Waals surface area contributed by atoms with Crippen LogP contribution < -0.4 is 5.32 Å². The normalized spacial score (nSPS) is 30.9. The van der Waals surface area contributed by atoms with Gasteiger partial charge >= 0.3 is 0 Å². The maximum Gasteiger partial charge on any atom is 0.220 e. The lowest BCUT2D eigenvalue weighted by molar-refractivity contribution is -0.379. The van der Waals surface area contributed by atoms with Crippen LogP contribution in [0.2, 0.25) is 0 Å². The molecular weight excluding hydrogens is 1010 g/mol. The first-order valence-electron chi connectivity index (χ1n) is 29.5. The van der Waals surface area contributed by atoms with E-state index in [1.165, 1.54) is 64.2 Å². The van der Waals surface area contributed by atoms with Gasteiger partial charge < -0.3 is 89.9 Å². The lowest BCUT2D eigenvalue weighted by atomic mass is 9.96. The molecule has 19 nitrogen and oxygen atoms in total. The first-order valence-corrected chi connectivity index (χ1v) is 29.5. The average Bonchev–Trinajstić information content (AvgIpc) is 3.46. The predicted octanol–water partition coefficient (Wildman–Crippen LogP) is 4.87. The maximum absolute atomic E-state index is 13.3. The number of hydrogen-bond acceptors (Lipinski definition) is 18. The van der Waals surface area contributed by atoms with Crippen LogP contribution in [0.25, 0.3) is 0 Å². The summed E-state index contributed by atoms with van der Waals surface area (Å²) in [4.78, 5) is 13.3. The summed E-state index contributed by atoms with van der Waals surface area (Å²) in [6, 6.07) is -0.978. The monoisotopic (exact) mass is 1110 g/mol. The molecule has 17 atom stereocenters. The Labute approximate surface area is 465 Å². The number of ether oxygens (including phenoxy) is 6. The SMILES string of the molecule is CC/C=C\C/C=C\C/C=C\C/C=C\CCCCCCCCCCC(=O)NC(COC1OC(CO)C(OC2OC(CO)C(OC3OC(CO)C(O)C(O)C3O)C(O)C2O)C(O)C1O)C(O)/C=C/CCCCCCCCCCCC. The number of carbonyl (C=O) groups is 1. The summed E-state index contributed by atoms with van der Waals surface area (Å²) in [6.07, 6.45) is 20.6. The number of nitrogens with one attached hydrogen (secondary N) is 1. The Hall–Kier alpha value is -2.51. The molecule has 0 spiro atoms. The molecule has 3 rings (SSSR count). The van der Waals surface area contributed by atoms with E-state index in [0.29, 0.717) is 6.42 Å². The largest absolute Gasteiger partial charge is 0.394 e. The molecule has 3 aliphatic rings. The van der Waals surface area contributed by atoms with Crippen molar-refractivity contribution in [2.75, 3.05) is 26.4 Å². The van der Waals surface area contributed by atoms with E-state index in [9.17, 15) is 61.0 Å². The summed E-state index contributed by atoms with van der Waals surface area (Å²) >= 11 is 0. The Balaban J connectivity index is 1.49. The average molecular weight is 1110 g/mol. The van der Waals surface area contributed by atoms with Gasteiger partial charge in [-0.15, -0.1) is 0 Å². The summed E-state index contributed by atoms with van der Waals surface area (Å²) in [6.45, 7) is 1.57. The molecule has 3 fully saturated rings. The zero-order valence-corrected chi connectivity index (χ0v) is 46.9. The third-order valence-electron chi connectivity index (χ3n) is 14.6. The number of allylic oxidation sites excluding steroid dienone is 9. The van der Waals surface area contributed by atoms with Gasteiger partial charge in [0.15, 0.2) is 18.9 Å². The van der Waals surface area contributed by atoms with Crippen molar-refractivity contribution in [1.29, 1.82) is 0 Å². The van der Waals surface area contributed by atoms with E-state index in [1.54, 1.807) is 6.08 Å². The van der Waals surface area contributed by atoms with E-state index in [1.807, 2.05) is 6.08 Å². The highest BCUT2D eigenvalue weighted by molar-refractivity contribution is 5.76. The van der Waals surface area contributed by atoms with Crippen molar-refractivity contribution in [3.8, 4) is 0 Å². The summed E-state index contributed by atoms with van der Waals surface area (Å²) in [5.74, 6) is -0.288. The van der Waals surface area contributed by atoms with E-state index < -0.39 is 124 Å². The van der Waals surface area contributed by atoms with Crippen molar-refractivity contribution in [2.45, 2.75) is 279 Å². The zero-order chi connectivity index (χ0) is 56.9. The molecule has 3 heterocycles. The van der Waals surface area contributed by atoms with Crippen LogP contribution >= 0.6 is 0 Å². The Morgan fingerprint density at radius 2 is 0.885 bits per heavy atom. The molecular formula is C59H103NO18. The quantitative estimate of drug-likeness (QED) is 0.0287. The van der Waals surface area contributed by atoms with Crippen LogP contribution in [0.4, 0.5) is 0 Å². The maximum atomic E-state index is 13.3. The lowest BCUT2D eigenvalue weighted by Crippen LogP contribution is -2.66. The van der Waals surface area contributed by atoms with Gasteiger partial charge in [-0.05, 0) is 57.8 Å². The second-order valence-corrected chi connectivity index (χ2v) is 21.1. The van der Waals surface area contributed by atoms with Crippen LogP contribution in [0.1, 0.15) is 174 Å². The van der Waals surface area contributed by atoms with E-state index in [0.717, 1.165) is 83.5 Å². The van der Waals surface area contributed by atoms with E-state index >= 15 is 0 Å². The molecule has 0 aromatic heterocycles. The van der Waals surface area contributed by atoms with Crippen LogP contribution in [-0.2, 0) is 33.2 Å². The number of amides is 1. The number of rotatable bonds is 42. The number of hydrogen-bond donors (Lipinski definition) is 12. The highest BCUT2D eigenvalue weighted by Crippen LogP contribution is 2.33. The molecule has 0 bridgehead atoms. The van der Waals surface area contributed by atoms with Crippen molar-refractivity contribution in [1.82, 2.24) is 5.32 Å². The Morgan fingerprint density at radius 1 is 0.474 bits per heavy atom. The van der Waals surface area contributed by atoms with Gasteiger partial charge in [-0.3, -0.25) is 4.79 Å². The molecule has 19 heteroatoms. The second kappa shape index (κ2) is 42.3. The first kappa shape index (κ1) is 69.8. The highest BCUT2D eigenvalue weighted by atomic mass is 16.8. The van der Waals surface area contributed by atoms with E-state index in [2.05, 4.69) is 67.8 Å². The summed E-state index contributed by atoms with van der Waals surface area (Å²) in [7, 11) is 0. The number of carbonyl (C=O) groups excluding carboxylic acids is 1. The van der Waals surface area contributed by atoms with Gasteiger partial charge in [0.2, 0.25) is 5.91 Å². The minimum Gasteiger partial charge on any atom is -0.394 e. The minimum absolute atomic E-state index is 0.231. The van der Waals surface area contributed by atoms with Crippen molar-refractivity contribution in [2.24, 2.45) is 0 Å². The van der Waals surface area contributed by atoms with Gasteiger partial charge in [-0.1, -0.05) is 171 Å². The zero-order valence-electron chi connectivity index (χ0n) is 46.9. The lowest BCUT2D eigenvalue weighted by Gasteiger charge is -2.48. The Kier molecular flexibility index (Phi) is 37.9. The molecule has 12 N–H and O–H groups in total. The van der Waals surface area contributed by atoms with Crippen LogP contribution in [0.3, 0.4) is 0 Å². The molecule has 1 amide bonds. The first-order chi connectivity index (χ1) is 37.8. The molecule has 0 aromatic rings. The summed E-state index contributed by atoms with van der Waals surface area (Å²) < 4.78 is 34.2. The van der Waals surface area contributed by atoms with Gasteiger partial charge in [0.05, 0.1) is 38.6 Å². The van der Waals surface area contributed by atoms with Gasteiger partial charge in [0, 0.05) is 6.42 Å². The molecule has 17 unspecified atom stereocenters. The fraction of sp³-hybridized carbons (Fsp3) is 0.814. The summed E-state index contributed by atoms with van der Waals surface area (Å²) in [5.41, 5.74) is 0. The molecule has 0 aliphatic carbocycles. The van der Waals surface area contributed by atoms with Crippen molar-refractivity contribution < 1.29 is 89.4 Å². The Bertz CT molecular complexity index is 1660. The summed E-state index contributed by atoms with van der Waals surface area (Å²) in [5, 5.41) is 120. The van der Waals surface area contributed by atoms with Crippen LogP contribution in [0.5, 0.6) is 0 Å². The molecule has 0 saturated carbocycles. The minimum atomic E-state index is -1.98. The molecule has 3 aliphatic heterocycles. The number of unbranched alkanes of at least 4 members (excludes halogenated alkanes) is 18. The van der Waals surface area contributed by atoms with Gasteiger partial charge in [-0.2, -0.15) is 0 Å². The third-order valence-corrected chi connectivity index (χ3v) is 14.6. The van der Waals surface area contributed by atoms with Crippen molar-refractivity contribution in [3.05, 3.63) is 60.8 Å². The highest BCUT2D eigenvalue weighted by Gasteiger charge is 2.53. The van der Waals surface area contributed by atoms with Gasteiger partial charge in [-0.25, -0.2) is 0 Å². The van der Waals surface area contributed by atoms with Crippen molar-refractivity contribution in [3.63, 3.8) is 0 Å². The van der Waals surface area contributed by atoms with Crippen molar-refractivity contribution >= 4 is 5.91 Å². The fourth-order valence-electron chi connectivity index (χ4n) is 9.71. The smallest absolute Gasteiger partial charge is 0.220 e. The van der Waals surface area contributed by atoms with E-state index in [4.69, 9.17) is 28.4 Å². The number of aliphatic hydroxyl groups is 11. The molecule has 452 valence electrons.